The van der Waals surface area contributed by atoms with Crippen molar-refractivity contribution in [3.63, 3.8) is 0 Å². The van der Waals surface area contributed by atoms with Gasteiger partial charge in [-0.3, -0.25) is 5.10 Å². The largest absolute Gasteiger partial charge is 0.477 e. The molecular formula is C10H12N4O4S2. The molecule has 20 heavy (non-hydrogen) atoms. The number of hydrogen-bond donors (Lipinski definition) is 2. The van der Waals surface area contributed by atoms with Crippen LogP contribution >= 0.6 is 11.3 Å². The second kappa shape index (κ2) is 5.31. The Labute approximate surface area is 119 Å². The molecule has 2 aromatic rings. The number of aromatic nitrogens is 3. The molecule has 0 aromatic carbocycles. The van der Waals surface area contributed by atoms with Crippen molar-refractivity contribution in [3.8, 4) is 0 Å². The molecule has 0 radical (unpaired) electrons. The topological polar surface area (TPSA) is 116 Å². The summed E-state index contributed by atoms with van der Waals surface area (Å²) < 4.78 is 25.6. The molecule has 0 bridgehead atoms. The molecule has 2 N–H and O–H groups in total. The van der Waals surface area contributed by atoms with Crippen molar-refractivity contribution in [3.05, 3.63) is 28.7 Å². The molecule has 2 heterocycles. The quantitative estimate of drug-likeness (QED) is 0.838. The molecule has 0 aliphatic carbocycles. The van der Waals surface area contributed by atoms with E-state index in [9.17, 15) is 13.2 Å². The van der Waals surface area contributed by atoms with Crippen LogP contribution in [0.1, 0.15) is 21.3 Å². The van der Waals surface area contributed by atoms with Gasteiger partial charge in [0.05, 0.1) is 6.54 Å². The van der Waals surface area contributed by atoms with Crippen molar-refractivity contribution in [1.29, 1.82) is 0 Å². The molecule has 0 fully saturated rings. The highest BCUT2D eigenvalue weighted by Crippen LogP contribution is 2.24. The number of carboxylic acid groups (broad SMARTS) is 1. The molecule has 0 atom stereocenters. The Morgan fingerprint density at radius 3 is 2.70 bits per heavy atom. The van der Waals surface area contributed by atoms with Gasteiger partial charge in [0.1, 0.15) is 14.9 Å². The van der Waals surface area contributed by atoms with Gasteiger partial charge < -0.3 is 5.11 Å². The van der Waals surface area contributed by atoms with Crippen LogP contribution in [0.2, 0.25) is 0 Å². The monoisotopic (exact) mass is 316 g/mol. The Bertz CT molecular complexity index is 734. The number of aryl methyl sites for hydroxylation is 1. The summed E-state index contributed by atoms with van der Waals surface area (Å²) in [7, 11) is -2.36. The number of aromatic amines is 1. The first-order valence-corrected chi connectivity index (χ1v) is 7.73. The first-order chi connectivity index (χ1) is 9.30. The molecule has 2 rings (SSSR count). The number of carboxylic acids is 1. The van der Waals surface area contributed by atoms with Gasteiger partial charge >= 0.3 is 5.97 Å². The molecule has 8 nitrogen and oxygen atoms in total. The molecule has 0 aliphatic heterocycles. The van der Waals surface area contributed by atoms with Crippen LogP contribution in [0.15, 0.2) is 16.3 Å². The minimum atomic E-state index is -3.75. The number of nitrogens with zero attached hydrogens (tertiary/aromatic N) is 3. The van der Waals surface area contributed by atoms with E-state index in [-0.39, 0.29) is 15.6 Å². The third kappa shape index (κ3) is 2.86. The molecule has 0 saturated heterocycles. The molecule has 10 heteroatoms. The standard InChI is InChI=1S/C10H12N4O4S2/c1-6-11-8(13-12-6)5-14(2)20(17,18)9-4-3-7(19-9)10(15)16/h3-4H,5H2,1-2H3,(H,15,16)(H,11,12,13). The average Bonchev–Trinajstić information content (AvgIpc) is 2.98. The van der Waals surface area contributed by atoms with Gasteiger partial charge in [-0.1, -0.05) is 0 Å². The Kier molecular flexibility index (Phi) is 3.88. The molecule has 2 aromatic heterocycles. The van der Waals surface area contributed by atoms with Crippen molar-refractivity contribution in [2.24, 2.45) is 0 Å². The summed E-state index contributed by atoms with van der Waals surface area (Å²) in [4.78, 5) is 14.8. The Morgan fingerprint density at radius 2 is 2.20 bits per heavy atom. The number of sulfonamides is 1. The van der Waals surface area contributed by atoms with Crippen LogP contribution in [-0.4, -0.2) is 46.0 Å². The first-order valence-electron chi connectivity index (χ1n) is 5.48. The van der Waals surface area contributed by atoms with Gasteiger partial charge in [0, 0.05) is 7.05 Å². The van der Waals surface area contributed by atoms with Gasteiger partial charge in [-0.2, -0.15) is 9.40 Å². The summed E-state index contributed by atoms with van der Waals surface area (Å²) in [5.74, 6) is -0.206. The van der Waals surface area contributed by atoms with Crippen molar-refractivity contribution in [1.82, 2.24) is 19.5 Å². The zero-order valence-electron chi connectivity index (χ0n) is 10.7. The summed E-state index contributed by atoms with van der Waals surface area (Å²) in [5.41, 5.74) is 0. The highest BCUT2D eigenvalue weighted by atomic mass is 32.2. The predicted molar refractivity (Wildman–Crippen MR) is 71.1 cm³/mol. The van der Waals surface area contributed by atoms with Crippen molar-refractivity contribution in [2.45, 2.75) is 17.7 Å². The van der Waals surface area contributed by atoms with Gasteiger partial charge in [-0.05, 0) is 19.1 Å². The van der Waals surface area contributed by atoms with Crippen LogP contribution in [0.3, 0.4) is 0 Å². The highest BCUT2D eigenvalue weighted by Gasteiger charge is 2.25. The average molecular weight is 316 g/mol. The SMILES string of the molecule is Cc1nc(CN(C)S(=O)(=O)c2ccc(C(=O)O)s2)n[nH]1. The van der Waals surface area contributed by atoms with E-state index in [0.29, 0.717) is 23.0 Å². The lowest BCUT2D eigenvalue weighted by Crippen LogP contribution is -2.26. The number of H-pyrrole nitrogens is 1. The number of thiophene rings is 1. The van der Waals surface area contributed by atoms with Crippen molar-refractivity contribution >= 4 is 27.3 Å². The summed E-state index contributed by atoms with van der Waals surface area (Å²) >= 11 is 0.714. The summed E-state index contributed by atoms with van der Waals surface area (Å²) in [5, 5.41) is 15.3. The summed E-state index contributed by atoms with van der Waals surface area (Å²) in [6.07, 6.45) is 0. The third-order valence-corrected chi connectivity index (χ3v) is 5.81. The van der Waals surface area contributed by atoms with E-state index in [4.69, 9.17) is 5.11 Å². The van der Waals surface area contributed by atoms with Crippen LogP contribution < -0.4 is 0 Å². The molecule has 0 saturated carbocycles. The molecule has 0 amide bonds. The summed E-state index contributed by atoms with van der Waals surface area (Å²) in [6, 6.07) is 2.55. The van der Waals surface area contributed by atoms with Crippen LogP contribution in [0.25, 0.3) is 0 Å². The molecule has 108 valence electrons. The van der Waals surface area contributed by atoms with Gasteiger partial charge in [0.25, 0.3) is 10.0 Å². The third-order valence-electron chi connectivity index (χ3n) is 2.46. The van der Waals surface area contributed by atoms with E-state index in [0.717, 1.165) is 4.31 Å². The van der Waals surface area contributed by atoms with Crippen molar-refractivity contribution in [2.75, 3.05) is 7.05 Å². The van der Waals surface area contributed by atoms with Gasteiger partial charge in [0.2, 0.25) is 0 Å². The van der Waals surface area contributed by atoms with E-state index in [1.807, 2.05) is 0 Å². The van der Waals surface area contributed by atoms with Gasteiger partial charge in [-0.25, -0.2) is 18.2 Å². The number of aromatic carboxylic acids is 1. The lowest BCUT2D eigenvalue weighted by atomic mass is 10.5. The van der Waals surface area contributed by atoms with E-state index in [1.54, 1.807) is 6.92 Å². The van der Waals surface area contributed by atoms with Crippen LogP contribution in [0.4, 0.5) is 0 Å². The van der Waals surface area contributed by atoms with E-state index in [1.165, 1.54) is 19.2 Å². The fourth-order valence-corrected chi connectivity index (χ4v) is 3.95. The minimum Gasteiger partial charge on any atom is -0.477 e. The van der Waals surface area contributed by atoms with E-state index >= 15 is 0 Å². The number of carbonyl (C=O) groups is 1. The number of nitrogens with one attached hydrogen (secondary N) is 1. The van der Waals surface area contributed by atoms with E-state index < -0.39 is 16.0 Å². The zero-order valence-corrected chi connectivity index (χ0v) is 12.3. The van der Waals surface area contributed by atoms with E-state index in [2.05, 4.69) is 15.2 Å². The van der Waals surface area contributed by atoms with Crippen LogP contribution in [0.5, 0.6) is 0 Å². The number of rotatable bonds is 5. The smallest absolute Gasteiger partial charge is 0.345 e. The van der Waals surface area contributed by atoms with Gasteiger partial charge in [-0.15, -0.1) is 11.3 Å². The fourth-order valence-electron chi connectivity index (χ4n) is 1.47. The second-order valence-corrected chi connectivity index (χ2v) is 7.38. The fraction of sp³-hybridized carbons (Fsp3) is 0.300. The maximum Gasteiger partial charge on any atom is 0.345 e. The molecular weight excluding hydrogens is 304 g/mol. The molecule has 0 unspecified atom stereocenters. The Morgan fingerprint density at radius 1 is 1.50 bits per heavy atom. The normalized spacial score (nSPS) is 11.9. The molecule has 0 aliphatic rings. The maximum atomic E-state index is 12.3. The first kappa shape index (κ1) is 14.6. The van der Waals surface area contributed by atoms with Crippen molar-refractivity contribution < 1.29 is 18.3 Å². The zero-order chi connectivity index (χ0) is 14.9. The van der Waals surface area contributed by atoms with Crippen LogP contribution in [0, 0.1) is 6.92 Å². The minimum absolute atomic E-state index is 0.00692. The lowest BCUT2D eigenvalue weighted by molar-refractivity contribution is 0.0702. The Balaban J connectivity index is 2.22. The van der Waals surface area contributed by atoms with Crippen LogP contribution in [-0.2, 0) is 16.6 Å². The maximum absolute atomic E-state index is 12.3. The predicted octanol–water partition coefficient (Wildman–Crippen LogP) is 0.694. The molecule has 0 spiro atoms. The summed E-state index contributed by atoms with van der Waals surface area (Å²) in [6.45, 7) is 1.72. The number of hydrogen-bond acceptors (Lipinski definition) is 6. The van der Waals surface area contributed by atoms with Gasteiger partial charge in [0.15, 0.2) is 5.82 Å². The highest BCUT2D eigenvalue weighted by molar-refractivity contribution is 7.91. The lowest BCUT2D eigenvalue weighted by Gasteiger charge is -2.13. The Hall–Kier alpha value is -1.78. The second-order valence-electron chi connectivity index (χ2n) is 4.02.